The summed E-state index contributed by atoms with van der Waals surface area (Å²) in [5.74, 6) is -1.07. The number of nitrogens with zero attached hydrogens (tertiary/aromatic N) is 1. The number of aliphatic hydroxyl groups is 1. The van der Waals surface area contributed by atoms with Crippen LogP contribution in [-0.4, -0.2) is 45.5 Å². The highest BCUT2D eigenvalue weighted by molar-refractivity contribution is 5.74. The predicted octanol–water partition coefficient (Wildman–Crippen LogP) is 2.15. The van der Waals surface area contributed by atoms with E-state index in [4.69, 9.17) is 9.84 Å². The highest BCUT2D eigenvalue weighted by Gasteiger charge is 2.28. The summed E-state index contributed by atoms with van der Waals surface area (Å²) >= 11 is 0. The maximum atomic E-state index is 12.0. The van der Waals surface area contributed by atoms with Crippen molar-refractivity contribution >= 4 is 12.1 Å². The fourth-order valence-electron chi connectivity index (χ4n) is 2.12. The molecule has 7 heteroatoms. The normalized spacial score (nSPS) is 12.7. The van der Waals surface area contributed by atoms with Crippen molar-refractivity contribution in [2.24, 2.45) is 0 Å². The molecule has 7 nitrogen and oxygen atoms in total. The number of rotatable bonds is 8. The molecular weight excluding hydrogens is 312 g/mol. The Balaban J connectivity index is 2.92. The molecule has 3 N–H and O–H groups in total. The van der Waals surface area contributed by atoms with Crippen LogP contribution >= 0.6 is 0 Å². The molecule has 0 saturated carbocycles. The van der Waals surface area contributed by atoms with Crippen LogP contribution in [0.3, 0.4) is 0 Å². The largest absolute Gasteiger partial charge is 0.480 e. The van der Waals surface area contributed by atoms with Crippen LogP contribution in [-0.2, 0) is 16.1 Å². The Morgan fingerprint density at radius 1 is 1.25 bits per heavy atom. The van der Waals surface area contributed by atoms with Crippen molar-refractivity contribution < 1.29 is 24.5 Å². The number of nitrogens with one attached hydrogen (secondary N) is 1. The molecule has 0 bridgehead atoms. The highest BCUT2D eigenvalue weighted by Crippen LogP contribution is 2.13. The first-order chi connectivity index (χ1) is 11.2. The van der Waals surface area contributed by atoms with E-state index < -0.39 is 23.7 Å². The number of carbonyl (C=O) groups excluding carboxylic acids is 1. The molecule has 0 saturated heterocycles. The summed E-state index contributed by atoms with van der Waals surface area (Å²) < 4.78 is 5.21. The molecule has 1 aromatic rings. The maximum absolute atomic E-state index is 12.0. The molecule has 1 rings (SSSR count). The number of carbonyl (C=O) groups is 2. The molecule has 1 amide bonds. The minimum atomic E-state index is -1.07. The summed E-state index contributed by atoms with van der Waals surface area (Å²) in [6.07, 6.45) is -0.194. The van der Waals surface area contributed by atoms with Gasteiger partial charge in [0.25, 0.3) is 0 Å². The van der Waals surface area contributed by atoms with Crippen LogP contribution in [0.15, 0.2) is 30.3 Å². The van der Waals surface area contributed by atoms with Crippen molar-refractivity contribution in [3.05, 3.63) is 35.9 Å². The van der Waals surface area contributed by atoms with E-state index in [1.54, 1.807) is 20.8 Å². The SMILES string of the molecule is CC(C)(C)OC(=O)NN(Cc1ccccc1)[C@@H](CCCO)C(=O)O. The lowest BCUT2D eigenvalue weighted by Gasteiger charge is -2.30. The van der Waals surface area contributed by atoms with Gasteiger partial charge in [-0.15, -0.1) is 0 Å². The Kier molecular flexibility index (Phi) is 7.67. The Morgan fingerprint density at radius 3 is 2.38 bits per heavy atom. The second kappa shape index (κ2) is 9.24. The fraction of sp³-hybridized carbons (Fsp3) is 0.529. The lowest BCUT2D eigenvalue weighted by Crippen LogP contribution is -2.52. The highest BCUT2D eigenvalue weighted by atomic mass is 16.6. The smallest absolute Gasteiger partial charge is 0.422 e. The fourth-order valence-corrected chi connectivity index (χ4v) is 2.12. The Hall–Kier alpha value is -2.12. The van der Waals surface area contributed by atoms with E-state index in [-0.39, 0.29) is 19.6 Å². The van der Waals surface area contributed by atoms with Crippen LogP contribution < -0.4 is 5.43 Å². The number of aliphatic hydroxyl groups excluding tert-OH is 1. The summed E-state index contributed by atoms with van der Waals surface area (Å²) in [5.41, 5.74) is 2.68. The minimum absolute atomic E-state index is 0.116. The lowest BCUT2D eigenvalue weighted by atomic mass is 10.1. The van der Waals surface area contributed by atoms with Gasteiger partial charge in [0.05, 0.1) is 0 Å². The molecule has 134 valence electrons. The first kappa shape index (κ1) is 19.9. The standard InChI is InChI=1S/C17H26N2O5/c1-17(2,3)24-16(23)18-19(12-13-8-5-4-6-9-13)14(15(21)22)10-7-11-20/h4-6,8-9,14,20H,7,10-12H2,1-3H3,(H,18,23)(H,21,22)/t14-/m0/s1. The topological polar surface area (TPSA) is 99.1 Å². The van der Waals surface area contributed by atoms with Crippen LogP contribution in [0.1, 0.15) is 39.2 Å². The molecule has 1 aromatic carbocycles. The van der Waals surface area contributed by atoms with E-state index in [1.165, 1.54) is 5.01 Å². The second-order valence-corrected chi connectivity index (χ2v) is 6.45. The Bertz CT molecular complexity index is 528. The molecule has 0 aliphatic heterocycles. The quantitative estimate of drug-likeness (QED) is 0.628. The third-order valence-electron chi connectivity index (χ3n) is 3.13. The number of carboxylic acid groups (broad SMARTS) is 1. The van der Waals surface area contributed by atoms with Gasteiger partial charge < -0.3 is 14.9 Å². The number of benzene rings is 1. The van der Waals surface area contributed by atoms with Gasteiger partial charge in [0.2, 0.25) is 0 Å². The van der Waals surface area contributed by atoms with E-state index in [0.29, 0.717) is 6.42 Å². The zero-order chi connectivity index (χ0) is 18.2. The summed E-state index contributed by atoms with van der Waals surface area (Å²) in [6, 6.07) is 8.25. The number of aliphatic carboxylic acids is 1. The summed E-state index contributed by atoms with van der Waals surface area (Å²) in [6.45, 7) is 5.29. The molecule has 0 fully saturated rings. The van der Waals surface area contributed by atoms with E-state index in [0.717, 1.165) is 5.56 Å². The van der Waals surface area contributed by atoms with E-state index >= 15 is 0 Å². The number of amides is 1. The van der Waals surface area contributed by atoms with Crippen LogP contribution in [0, 0.1) is 0 Å². The predicted molar refractivity (Wildman–Crippen MR) is 89.1 cm³/mol. The van der Waals surface area contributed by atoms with E-state index in [1.807, 2.05) is 30.3 Å². The molecule has 0 heterocycles. The number of hydrogen-bond donors (Lipinski definition) is 3. The number of hydrogen-bond acceptors (Lipinski definition) is 5. The van der Waals surface area contributed by atoms with Gasteiger partial charge in [0.1, 0.15) is 11.6 Å². The van der Waals surface area contributed by atoms with Gasteiger partial charge in [-0.1, -0.05) is 30.3 Å². The first-order valence-electron chi connectivity index (χ1n) is 7.87. The van der Waals surface area contributed by atoms with Crippen molar-refractivity contribution in [2.45, 2.75) is 51.8 Å². The monoisotopic (exact) mass is 338 g/mol. The van der Waals surface area contributed by atoms with Crippen LogP contribution in [0.4, 0.5) is 4.79 Å². The van der Waals surface area contributed by atoms with Crippen molar-refractivity contribution in [2.75, 3.05) is 6.61 Å². The molecule has 0 aromatic heterocycles. The summed E-state index contributed by atoms with van der Waals surface area (Å²) in [5, 5.41) is 19.8. The van der Waals surface area contributed by atoms with Gasteiger partial charge in [0.15, 0.2) is 0 Å². The summed E-state index contributed by atoms with van der Waals surface area (Å²) in [7, 11) is 0. The van der Waals surface area contributed by atoms with Crippen molar-refractivity contribution in [1.82, 2.24) is 10.4 Å². The molecule has 0 aliphatic rings. The van der Waals surface area contributed by atoms with Crippen molar-refractivity contribution in [3.8, 4) is 0 Å². The molecule has 0 radical (unpaired) electrons. The first-order valence-corrected chi connectivity index (χ1v) is 7.87. The minimum Gasteiger partial charge on any atom is -0.480 e. The average Bonchev–Trinajstić information content (AvgIpc) is 2.46. The van der Waals surface area contributed by atoms with Gasteiger partial charge in [-0.2, -0.15) is 5.01 Å². The van der Waals surface area contributed by atoms with Crippen LogP contribution in [0.25, 0.3) is 0 Å². The van der Waals surface area contributed by atoms with Crippen LogP contribution in [0.5, 0.6) is 0 Å². The molecule has 24 heavy (non-hydrogen) atoms. The third kappa shape index (κ3) is 7.43. The van der Waals surface area contributed by atoms with Gasteiger partial charge in [-0.25, -0.2) is 4.79 Å². The lowest BCUT2D eigenvalue weighted by molar-refractivity contribution is -0.145. The Labute approximate surface area is 142 Å². The maximum Gasteiger partial charge on any atom is 0.422 e. The average molecular weight is 338 g/mol. The number of carboxylic acids is 1. The van der Waals surface area contributed by atoms with Gasteiger partial charge >= 0.3 is 12.1 Å². The van der Waals surface area contributed by atoms with Gasteiger partial charge in [-0.05, 0) is 39.2 Å². The number of ether oxygens (including phenoxy) is 1. The number of hydrazine groups is 1. The molecule has 0 aliphatic carbocycles. The summed E-state index contributed by atoms with van der Waals surface area (Å²) in [4.78, 5) is 23.6. The molecule has 0 unspecified atom stereocenters. The molecular formula is C17H26N2O5. The zero-order valence-electron chi connectivity index (χ0n) is 14.4. The third-order valence-corrected chi connectivity index (χ3v) is 3.13. The van der Waals surface area contributed by atoms with Crippen molar-refractivity contribution in [1.29, 1.82) is 0 Å². The van der Waals surface area contributed by atoms with Gasteiger partial charge in [0, 0.05) is 13.2 Å². The molecule has 1 atom stereocenters. The molecule has 0 spiro atoms. The van der Waals surface area contributed by atoms with Crippen molar-refractivity contribution in [3.63, 3.8) is 0 Å². The zero-order valence-corrected chi connectivity index (χ0v) is 14.4. The van der Waals surface area contributed by atoms with E-state index in [2.05, 4.69) is 5.43 Å². The van der Waals surface area contributed by atoms with E-state index in [9.17, 15) is 14.7 Å². The second-order valence-electron chi connectivity index (χ2n) is 6.45. The van der Waals surface area contributed by atoms with Crippen LogP contribution in [0.2, 0.25) is 0 Å². The van der Waals surface area contributed by atoms with Gasteiger partial charge in [-0.3, -0.25) is 10.2 Å². The Morgan fingerprint density at radius 2 is 1.88 bits per heavy atom.